The van der Waals surface area contributed by atoms with Crippen LogP contribution in [0.25, 0.3) is 5.70 Å². The van der Waals surface area contributed by atoms with E-state index in [2.05, 4.69) is 17.2 Å². The number of hydrogen-bond donors (Lipinski definition) is 4. The van der Waals surface area contributed by atoms with Gasteiger partial charge < -0.3 is 14.7 Å². The maximum atomic E-state index is 12.9. The summed E-state index contributed by atoms with van der Waals surface area (Å²) in [4.78, 5) is 60.0. The van der Waals surface area contributed by atoms with E-state index >= 15 is 0 Å². The minimum absolute atomic E-state index is 0.00818. The zero-order valence-electron chi connectivity index (χ0n) is 15.0. The van der Waals surface area contributed by atoms with E-state index in [1.54, 1.807) is 0 Å². The number of benzene rings is 1. The van der Waals surface area contributed by atoms with E-state index in [1.165, 1.54) is 23.1 Å². The van der Waals surface area contributed by atoms with Crippen molar-refractivity contribution in [3.8, 4) is 0 Å². The molecule has 29 heavy (non-hydrogen) atoms. The molecule has 1 aromatic carbocycles. The topological polar surface area (TPSA) is 154 Å². The van der Waals surface area contributed by atoms with Crippen LogP contribution in [0, 0.1) is 0 Å². The molecule has 0 spiro atoms. The monoisotopic (exact) mass is 400 g/mol. The molecule has 1 aromatic rings. The van der Waals surface area contributed by atoms with Crippen LogP contribution < -0.4 is 16.0 Å². The Balaban J connectivity index is 1.98. The smallest absolute Gasteiger partial charge is 0.335 e. The van der Waals surface area contributed by atoms with Crippen LogP contribution in [0.1, 0.15) is 32.7 Å². The van der Waals surface area contributed by atoms with E-state index in [4.69, 9.17) is 4.74 Å². The molecule has 2 heterocycles. The van der Waals surface area contributed by atoms with E-state index in [1.807, 2.05) is 5.32 Å². The van der Waals surface area contributed by atoms with Crippen molar-refractivity contribution < 1.29 is 33.8 Å². The summed E-state index contributed by atoms with van der Waals surface area (Å²) in [6.07, 6.45) is 1.26. The van der Waals surface area contributed by atoms with Gasteiger partial charge in [-0.2, -0.15) is 0 Å². The van der Waals surface area contributed by atoms with Crippen molar-refractivity contribution in [2.24, 2.45) is 0 Å². The van der Waals surface area contributed by atoms with Crippen molar-refractivity contribution in [1.29, 1.82) is 0 Å². The number of imide groups is 1. The fourth-order valence-corrected chi connectivity index (χ4v) is 2.93. The molecule has 1 saturated heterocycles. The van der Waals surface area contributed by atoms with Crippen LogP contribution in [0.15, 0.2) is 36.7 Å². The van der Waals surface area contributed by atoms with E-state index in [0.717, 1.165) is 6.08 Å². The van der Waals surface area contributed by atoms with Gasteiger partial charge in [0, 0.05) is 23.7 Å². The quantitative estimate of drug-likeness (QED) is 0.310. The fraction of sp³-hybridized carbons (Fsp3) is 0.167. The highest BCUT2D eigenvalue weighted by molar-refractivity contribution is 6.11. The molecular formula is C18H16N4O7. The minimum atomic E-state index is -1.20. The maximum absolute atomic E-state index is 12.9. The van der Waals surface area contributed by atoms with Crippen LogP contribution >= 0.6 is 0 Å². The number of fused-ring (bicyclic) bond motifs is 1. The third kappa shape index (κ3) is 3.93. The van der Waals surface area contributed by atoms with Gasteiger partial charge in [-0.25, -0.2) is 19.2 Å². The molecule has 0 saturated carbocycles. The third-order valence-electron chi connectivity index (χ3n) is 4.15. The predicted octanol–water partition coefficient (Wildman–Crippen LogP) is 0.608. The van der Waals surface area contributed by atoms with Crippen molar-refractivity contribution in [3.63, 3.8) is 0 Å². The number of carbonyl (C=O) groups is 5. The Labute approximate surface area is 164 Å². The lowest BCUT2D eigenvalue weighted by Crippen LogP contribution is -2.54. The van der Waals surface area contributed by atoms with Gasteiger partial charge in [-0.3, -0.25) is 20.7 Å². The summed E-state index contributed by atoms with van der Waals surface area (Å²) < 4.78 is 4.89. The Bertz CT molecular complexity index is 964. The number of hydrogen-bond acceptors (Lipinski definition) is 6. The second-order valence-electron chi connectivity index (χ2n) is 6.00. The van der Waals surface area contributed by atoms with Gasteiger partial charge in [-0.1, -0.05) is 6.58 Å². The van der Waals surface area contributed by atoms with E-state index in [-0.39, 0.29) is 47.8 Å². The molecule has 150 valence electrons. The average Bonchev–Trinajstić information content (AvgIpc) is 2.95. The molecule has 0 aromatic heterocycles. The lowest BCUT2D eigenvalue weighted by molar-refractivity contribution is -0.137. The summed E-state index contributed by atoms with van der Waals surface area (Å²) in [6.45, 7) is 3.37. The zero-order valence-corrected chi connectivity index (χ0v) is 15.0. The molecule has 2 aliphatic rings. The molecule has 5 amide bonds. The number of carboxylic acids is 1. The number of aromatic carboxylic acids is 1. The summed E-state index contributed by atoms with van der Waals surface area (Å²) in [5.41, 5.74) is 0.535. The van der Waals surface area contributed by atoms with E-state index < -0.39 is 29.9 Å². The molecular weight excluding hydrogens is 384 g/mol. The molecule has 4 N–H and O–H groups in total. The number of amides is 5. The summed E-state index contributed by atoms with van der Waals surface area (Å²) in [5.74, 6) is -2.31. The van der Waals surface area contributed by atoms with Gasteiger partial charge in [0.1, 0.15) is 5.82 Å². The predicted molar refractivity (Wildman–Crippen MR) is 97.3 cm³/mol. The van der Waals surface area contributed by atoms with Crippen LogP contribution in [-0.2, 0) is 9.53 Å². The molecule has 0 bridgehead atoms. The number of urea groups is 2. The van der Waals surface area contributed by atoms with Gasteiger partial charge >= 0.3 is 24.0 Å². The summed E-state index contributed by atoms with van der Waals surface area (Å²) in [5, 5.41) is 16.1. The van der Waals surface area contributed by atoms with Gasteiger partial charge in [0.2, 0.25) is 0 Å². The number of nitrogens with zero attached hydrogens (tertiary/aromatic N) is 1. The first-order chi connectivity index (χ1) is 13.8. The SMILES string of the molecule is C=CC(=O)OCCCN1C(=O)c2ccc(C(=O)O)cc2C1=C1NC(=O)NC(=O)N1. The number of ether oxygens (including phenoxy) is 1. The number of rotatable bonds is 6. The molecule has 11 nitrogen and oxygen atoms in total. The number of carboxylic acid groups (broad SMARTS) is 1. The van der Waals surface area contributed by atoms with Crippen molar-refractivity contribution in [1.82, 2.24) is 20.9 Å². The first-order valence-corrected chi connectivity index (χ1v) is 8.44. The maximum Gasteiger partial charge on any atom is 0.335 e. The van der Waals surface area contributed by atoms with Crippen LogP contribution in [0.3, 0.4) is 0 Å². The van der Waals surface area contributed by atoms with Gasteiger partial charge in [0.25, 0.3) is 5.91 Å². The Morgan fingerprint density at radius 1 is 1.10 bits per heavy atom. The van der Waals surface area contributed by atoms with E-state index in [9.17, 15) is 29.1 Å². The fourth-order valence-electron chi connectivity index (χ4n) is 2.93. The Morgan fingerprint density at radius 3 is 2.41 bits per heavy atom. The van der Waals surface area contributed by atoms with Crippen molar-refractivity contribution in [3.05, 3.63) is 53.4 Å². The lowest BCUT2D eigenvalue weighted by Gasteiger charge is -2.25. The third-order valence-corrected chi connectivity index (χ3v) is 4.15. The molecule has 0 radical (unpaired) electrons. The Kier molecular flexibility index (Phi) is 5.30. The lowest BCUT2D eigenvalue weighted by atomic mass is 10.0. The first-order valence-electron chi connectivity index (χ1n) is 8.44. The highest BCUT2D eigenvalue weighted by Crippen LogP contribution is 2.35. The minimum Gasteiger partial charge on any atom is -0.478 e. The van der Waals surface area contributed by atoms with Crippen LogP contribution in [0.2, 0.25) is 0 Å². The van der Waals surface area contributed by atoms with Crippen LogP contribution in [0.5, 0.6) is 0 Å². The largest absolute Gasteiger partial charge is 0.478 e. The normalized spacial score (nSPS) is 15.3. The number of esters is 1. The second kappa shape index (κ2) is 7.84. The van der Waals surface area contributed by atoms with Gasteiger partial charge in [0.15, 0.2) is 0 Å². The molecule has 3 rings (SSSR count). The molecule has 0 atom stereocenters. The summed E-state index contributed by atoms with van der Waals surface area (Å²) in [6, 6.07) is 2.34. The average molecular weight is 400 g/mol. The molecule has 0 aliphatic carbocycles. The number of nitrogens with one attached hydrogen (secondary N) is 3. The van der Waals surface area contributed by atoms with Crippen LogP contribution in [0.4, 0.5) is 9.59 Å². The highest BCUT2D eigenvalue weighted by atomic mass is 16.5. The van der Waals surface area contributed by atoms with Gasteiger partial charge in [-0.15, -0.1) is 0 Å². The van der Waals surface area contributed by atoms with E-state index in [0.29, 0.717) is 0 Å². The standard InChI is InChI=1S/C18H16N4O7/c1-2-12(23)29-7-3-6-22-13(14-19-17(27)21-18(28)20-14)11-8-9(16(25)26)4-5-10(11)15(22)24/h2,4-5,8H,1,3,6-7H2,(H,25,26)(H3,19,20,21,27,28). The molecule has 0 unspecified atom stereocenters. The molecule has 1 fully saturated rings. The molecule has 11 heteroatoms. The van der Waals surface area contributed by atoms with Crippen molar-refractivity contribution in [2.75, 3.05) is 13.2 Å². The van der Waals surface area contributed by atoms with Crippen molar-refractivity contribution in [2.45, 2.75) is 6.42 Å². The molecule has 2 aliphatic heterocycles. The highest BCUT2D eigenvalue weighted by Gasteiger charge is 2.37. The summed E-state index contributed by atoms with van der Waals surface area (Å²) in [7, 11) is 0. The second-order valence-corrected chi connectivity index (χ2v) is 6.00. The van der Waals surface area contributed by atoms with Gasteiger partial charge in [0.05, 0.1) is 17.9 Å². The Morgan fingerprint density at radius 2 is 1.79 bits per heavy atom. The van der Waals surface area contributed by atoms with Gasteiger partial charge in [-0.05, 0) is 24.6 Å². The van der Waals surface area contributed by atoms with Crippen molar-refractivity contribution >= 4 is 35.6 Å². The first kappa shape index (κ1) is 19.6. The zero-order chi connectivity index (χ0) is 21.1. The Hall–Kier alpha value is -4.15. The van der Waals surface area contributed by atoms with Crippen LogP contribution in [-0.4, -0.2) is 53.1 Å². The number of carbonyl (C=O) groups excluding carboxylic acids is 4. The summed E-state index contributed by atoms with van der Waals surface area (Å²) >= 11 is 0.